The van der Waals surface area contributed by atoms with Gasteiger partial charge in [-0.1, -0.05) is 44.2 Å². The first-order chi connectivity index (χ1) is 10.2. The average Bonchev–Trinajstić information content (AvgIpc) is 2.51. The van der Waals surface area contributed by atoms with Gasteiger partial charge in [-0.15, -0.1) is 0 Å². The van der Waals surface area contributed by atoms with Gasteiger partial charge in [-0.2, -0.15) is 0 Å². The normalized spacial score (nSPS) is 12.4. The minimum atomic E-state index is -0.811. The van der Waals surface area contributed by atoms with Crippen molar-refractivity contribution in [3.63, 3.8) is 0 Å². The van der Waals surface area contributed by atoms with Gasteiger partial charge in [-0.25, -0.2) is 8.78 Å². The smallest absolute Gasteiger partial charge is 0.166 e. The molecule has 0 saturated carbocycles. The first-order valence-electron chi connectivity index (χ1n) is 7.45. The second-order valence-electron chi connectivity index (χ2n) is 5.14. The van der Waals surface area contributed by atoms with Gasteiger partial charge in [-0.3, -0.25) is 0 Å². The summed E-state index contributed by atoms with van der Waals surface area (Å²) in [6.07, 6.45) is 2.02. The van der Waals surface area contributed by atoms with E-state index >= 15 is 0 Å². The highest BCUT2D eigenvalue weighted by atomic mass is 19.2. The Kier molecular flexibility index (Phi) is 5.45. The van der Waals surface area contributed by atoms with Gasteiger partial charge < -0.3 is 5.32 Å². The van der Waals surface area contributed by atoms with Gasteiger partial charge in [0, 0.05) is 11.6 Å². The molecule has 2 aromatic rings. The van der Waals surface area contributed by atoms with E-state index in [0.717, 1.165) is 31.0 Å². The molecule has 2 rings (SSSR count). The third-order valence-corrected chi connectivity index (χ3v) is 3.60. The van der Waals surface area contributed by atoms with Gasteiger partial charge in [-0.05, 0) is 42.6 Å². The molecule has 2 aromatic carbocycles. The Balaban J connectivity index is 2.34. The number of nitrogens with one attached hydrogen (secondary N) is 1. The topological polar surface area (TPSA) is 12.0 Å². The summed E-state index contributed by atoms with van der Waals surface area (Å²) in [6, 6.07) is 12.2. The fourth-order valence-corrected chi connectivity index (χ4v) is 2.47. The van der Waals surface area contributed by atoms with Crippen LogP contribution in [0.25, 0.3) is 11.1 Å². The van der Waals surface area contributed by atoms with Crippen molar-refractivity contribution in [3.05, 3.63) is 59.7 Å². The third-order valence-electron chi connectivity index (χ3n) is 3.60. The Labute approximate surface area is 125 Å². The fourth-order valence-electron chi connectivity index (χ4n) is 2.47. The zero-order valence-electron chi connectivity index (χ0n) is 12.5. The molecular formula is C18H21F2N. The Morgan fingerprint density at radius 3 is 2.52 bits per heavy atom. The van der Waals surface area contributed by atoms with Gasteiger partial charge in [0.25, 0.3) is 0 Å². The molecule has 0 aliphatic heterocycles. The summed E-state index contributed by atoms with van der Waals surface area (Å²) in [5, 5.41) is 3.47. The van der Waals surface area contributed by atoms with Crippen LogP contribution in [-0.2, 0) is 0 Å². The van der Waals surface area contributed by atoms with Crippen molar-refractivity contribution in [1.82, 2.24) is 5.32 Å². The van der Waals surface area contributed by atoms with E-state index < -0.39 is 11.6 Å². The fraction of sp³-hybridized carbons (Fsp3) is 0.333. The Hall–Kier alpha value is -1.74. The summed E-state index contributed by atoms with van der Waals surface area (Å²) in [6.45, 7) is 5.18. The first kappa shape index (κ1) is 15.6. The second-order valence-corrected chi connectivity index (χ2v) is 5.14. The maximum absolute atomic E-state index is 13.9. The van der Waals surface area contributed by atoms with Crippen LogP contribution in [0, 0.1) is 11.6 Å². The predicted molar refractivity (Wildman–Crippen MR) is 83.1 cm³/mol. The van der Waals surface area contributed by atoms with Crippen LogP contribution >= 0.6 is 0 Å². The van der Waals surface area contributed by atoms with E-state index in [0.29, 0.717) is 11.1 Å². The molecular weight excluding hydrogens is 268 g/mol. The van der Waals surface area contributed by atoms with Crippen molar-refractivity contribution in [3.8, 4) is 11.1 Å². The highest BCUT2D eigenvalue weighted by Gasteiger charge is 2.12. The van der Waals surface area contributed by atoms with Crippen LogP contribution < -0.4 is 5.32 Å². The zero-order valence-corrected chi connectivity index (χ0v) is 12.5. The molecule has 1 N–H and O–H groups in total. The summed E-state index contributed by atoms with van der Waals surface area (Å²) < 4.78 is 27.3. The van der Waals surface area contributed by atoms with Crippen molar-refractivity contribution in [2.24, 2.45) is 0 Å². The van der Waals surface area contributed by atoms with Gasteiger partial charge in [0.05, 0.1) is 0 Å². The third kappa shape index (κ3) is 3.67. The predicted octanol–water partition coefficient (Wildman–Crippen LogP) is 5.08. The maximum atomic E-state index is 13.9. The molecule has 0 bridgehead atoms. The quantitative estimate of drug-likeness (QED) is 0.781. The average molecular weight is 289 g/mol. The summed E-state index contributed by atoms with van der Waals surface area (Å²) in [5.74, 6) is -1.60. The molecule has 1 unspecified atom stereocenters. The lowest BCUT2D eigenvalue weighted by atomic mass is 9.98. The molecule has 1 nitrogen and oxygen atoms in total. The van der Waals surface area contributed by atoms with Crippen molar-refractivity contribution < 1.29 is 8.78 Å². The number of rotatable bonds is 6. The van der Waals surface area contributed by atoms with E-state index in [-0.39, 0.29) is 6.04 Å². The molecule has 0 aliphatic rings. The molecule has 0 fully saturated rings. The Bertz CT molecular complexity index is 596. The Morgan fingerprint density at radius 2 is 1.81 bits per heavy atom. The van der Waals surface area contributed by atoms with Gasteiger partial charge >= 0.3 is 0 Å². The van der Waals surface area contributed by atoms with E-state index in [9.17, 15) is 8.78 Å². The van der Waals surface area contributed by atoms with Crippen LogP contribution in [0.4, 0.5) is 8.78 Å². The monoisotopic (exact) mass is 289 g/mol. The lowest BCUT2D eigenvalue weighted by Crippen LogP contribution is -2.21. The molecule has 0 radical (unpaired) electrons. The second kappa shape index (κ2) is 7.32. The highest BCUT2D eigenvalue weighted by Crippen LogP contribution is 2.27. The van der Waals surface area contributed by atoms with Crippen molar-refractivity contribution in [2.75, 3.05) is 6.54 Å². The molecule has 1 atom stereocenters. The van der Waals surface area contributed by atoms with E-state index in [1.54, 1.807) is 6.07 Å². The van der Waals surface area contributed by atoms with Crippen molar-refractivity contribution >= 4 is 0 Å². The van der Waals surface area contributed by atoms with Gasteiger partial charge in [0.15, 0.2) is 11.6 Å². The van der Waals surface area contributed by atoms with Crippen LogP contribution in [-0.4, -0.2) is 6.54 Å². The standard InChI is InChI=1S/C18H21F2N/c1-3-11-21-17(4-2)14-8-5-7-13(12-14)15-9-6-10-16(19)18(15)20/h5-10,12,17,21H,3-4,11H2,1-2H3. The largest absolute Gasteiger partial charge is 0.310 e. The lowest BCUT2D eigenvalue weighted by Gasteiger charge is -2.18. The molecule has 112 valence electrons. The summed E-state index contributed by atoms with van der Waals surface area (Å²) in [7, 11) is 0. The summed E-state index contributed by atoms with van der Waals surface area (Å²) in [5.41, 5.74) is 2.12. The summed E-state index contributed by atoms with van der Waals surface area (Å²) >= 11 is 0. The molecule has 0 aliphatic carbocycles. The van der Waals surface area contributed by atoms with E-state index in [2.05, 4.69) is 19.2 Å². The van der Waals surface area contributed by atoms with Crippen LogP contribution in [0.2, 0.25) is 0 Å². The van der Waals surface area contributed by atoms with Crippen LogP contribution in [0.3, 0.4) is 0 Å². The number of halogens is 2. The first-order valence-corrected chi connectivity index (χ1v) is 7.45. The highest BCUT2D eigenvalue weighted by molar-refractivity contribution is 5.65. The number of hydrogen-bond acceptors (Lipinski definition) is 1. The molecule has 0 spiro atoms. The lowest BCUT2D eigenvalue weighted by molar-refractivity contribution is 0.510. The molecule has 0 heterocycles. The Morgan fingerprint density at radius 1 is 1.05 bits per heavy atom. The molecule has 0 saturated heterocycles. The minimum Gasteiger partial charge on any atom is -0.310 e. The van der Waals surface area contributed by atoms with E-state index in [4.69, 9.17) is 0 Å². The van der Waals surface area contributed by atoms with Crippen LogP contribution in [0.15, 0.2) is 42.5 Å². The SMILES string of the molecule is CCCNC(CC)c1cccc(-c2cccc(F)c2F)c1. The summed E-state index contributed by atoms with van der Waals surface area (Å²) in [4.78, 5) is 0. The van der Waals surface area contributed by atoms with Crippen LogP contribution in [0.1, 0.15) is 38.3 Å². The van der Waals surface area contributed by atoms with Crippen molar-refractivity contribution in [1.29, 1.82) is 0 Å². The van der Waals surface area contributed by atoms with E-state index in [1.807, 2.05) is 24.3 Å². The molecule has 3 heteroatoms. The minimum absolute atomic E-state index is 0.238. The molecule has 0 aromatic heterocycles. The van der Waals surface area contributed by atoms with Gasteiger partial charge in [0.2, 0.25) is 0 Å². The van der Waals surface area contributed by atoms with Crippen molar-refractivity contribution in [2.45, 2.75) is 32.7 Å². The maximum Gasteiger partial charge on any atom is 0.166 e. The van der Waals surface area contributed by atoms with Crippen LogP contribution in [0.5, 0.6) is 0 Å². The number of hydrogen-bond donors (Lipinski definition) is 1. The van der Waals surface area contributed by atoms with E-state index in [1.165, 1.54) is 6.07 Å². The zero-order chi connectivity index (χ0) is 15.2. The molecule has 0 amide bonds. The number of benzene rings is 2. The van der Waals surface area contributed by atoms with Gasteiger partial charge in [0.1, 0.15) is 0 Å². The molecule has 21 heavy (non-hydrogen) atoms.